The average Bonchev–Trinajstić information content (AvgIpc) is 3.44. The molecule has 10 heteroatoms. The van der Waals surface area contributed by atoms with Crippen molar-refractivity contribution < 1.29 is 37.3 Å². The second kappa shape index (κ2) is 62.5. The minimum absolute atomic E-state index is 0.0449. The van der Waals surface area contributed by atoms with E-state index in [1.165, 1.54) is 283 Å². The fraction of sp³-hybridized carbons (Fsp3) is 0.917. The maximum atomic E-state index is 13.6. The van der Waals surface area contributed by atoms with E-state index < -0.39 is 20.0 Å². The Labute approximate surface area is 511 Å². The lowest BCUT2D eigenvalue weighted by atomic mass is 10.0. The van der Waals surface area contributed by atoms with Crippen LogP contribution < -0.4 is 5.32 Å². The number of carbonyl (C=O) groups is 2. The number of nitrogens with zero attached hydrogens (tertiary/aromatic N) is 1. The number of unbranched alkanes of at least 4 members (excludes halogenated alkanes) is 49. The zero-order valence-corrected chi connectivity index (χ0v) is 56.7. The molecule has 0 heterocycles. The SMILES string of the molecule is CCCCCCCC/C=C/CCCCCCCCCCCCCCCCCCCC(=O)OC(/C=C/CCCCCCCCCCCC)C(COP(=O)(O)OCC[N+](C)(C)C)NC(=O)CCCCCCCCCCCCCCCCCCC. The number of allylic oxidation sites excluding steroid dienone is 3. The van der Waals surface area contributed by atoms with Crippen molar-refractivity contribution in [1.29, 1.82) is 0 Å². The maximum Gasteiger partial charge on any atom is 0.472 e. The molecule has 9 nitrogen and oxygen atoms in total. The van der Waals surface area contributed by atoms with E-state index >= 15 is 0 Å². The number of phosphoric ester groups is 1. The Bertz CT molecular complexity index is 1450. The maximum absolute atomic E-state index is 13.6. The third-order valence-electron chi connectivity index (χ3n) is 16.6. The van der Waals surface area contributed by atoms with Gasteiger partial charge in [-0.3, -0.25) is 18.6 Å². The van der Waals surface area contributed by atoms with Gasteiger partial charge in [-0.15, -0.1) is 0 Å². The number of carbonyl (C=O) groups excluding carboxylic acids is 2. The van der Waals surface area contributed by atoms with Crippen LogP contribution in [-0.4, -0.2) is 74.3 Å². The summed E-state index contributed by atoms with van der Waals surface area (Å²) in [6, 6.07) is -0.842. The van der Waals surface area contributed by atoms with Gasteiger partial charge in [0.2, 0.25) is 5.91 Å². The Morgan fingerprint density at radius 2 is 0.707 bits per heavy atom. The van der Waals surface area contributed by atoms with Gasteiger partial charge < -0.3 is 19.4 Å². The Hall–Kier alpha value is -1.51. The summed E-state index contributed by atoms with van der Waals surface area (Å²) in [6.07, 6.45) is 76.2. The highest BCUT2D eigenvalue weighted by Crippen LogP contribution is 2.43. The van der Waals surface area contributed by atoms with E-state index in [9.17, 15) is 19.0 Å². The van der Waals surface area contributed by atoms with Gasteiger partial charge in [-0.1, -0.05) is 328 Å². The van der Waals surface area contributed by atoms with Gasteiger partial charge in [0.25, 0.3) is 0 Å². The van der Waals surface area contributed by atoms with Crippen molar-refractivity contribution in [2.24, 2.45) is 0 Å². The highest BCUT2D eigenvalue weighted by Gasteiger charge is 2.30. The number of esters is 1. The molecule has 0 saturated heterocycles. The predicted octanol–water partition coefficient (Wildman–Crippen LogP) is 22.9. The van der Waals surface area contributed by atoms with Crippen molar-refractivity contribution in [3.05, 3.63) is 24.3 Å². The number of amides is 1. The Kier molecular flexibility index (Phi) is 61.4. The largest absolute Gasteiger partial charge is 0.472 e. The highest BCUT2D eigenvalue weighted by atomic mass is 31.2. The molecule has 82 heavy (non-hydrogen) atoms. The molecule has 3 atom stereocenters. The first kappa shape index (κ1) is 80.5. The summed E-state index contributed by atoms with van der Waals surface area (Å²) in [5.74, 6) is -0.480. The fourth-order valence-electron chi connectivity index (χ4n) is 11.1. The van der Waals surface area contributed by atoms with E-state index in [0.717, 1.165) is 57.8 Å². The van der Waals surface area contributed by atoms with Gasteiger partial charge in [0.05, 0.1) is 33.8 Å². The standard InChI is InChI=1S/C72H141N2O7P/c1-7-10-13-16-19-22-25-28-30-32-33-34-35-36-37-38-39-40-41-43-45-47-50-53-56-59-62-65-72(76)81-70(63-60-57-54-51-48-27-24-21-18-15-12-9-3)69(68-80-82(77,78)79-67-66-74(4,5)6)73-71(75)64-61-58-55-52-49-46-44-42-31-29-26-23-20-17-14-11-8-2/h28,30,60,63,69-70H,7-27,29,31-59,61-62,64-68H2,1-6H3,(H-,73,75,77,78)/p+1/b30-28+,63-60+. The Morgan fingerprint density at radius 1 is 0.415 bits per heavy atom. The first-order chi connectivity index (χ1) is 39.9. The normalized spacial score (nSPS) is 13.6. The molecular weight excluding hydrogens is 1040 g/mol. The smallest absolute Gasteiger partial charge is 0.456 e. The molecule has 3 unspecified atom stereocenters. The molecule has 0 rings (SSSR count). The van der Waals surface area contributed by atoms with Crippen molar-refractivity contribution in [1.82, 2.24) is 5.32 Å². The van der Waals surface area contributed by atoms with Gasteiger partial charge in [0.15, 0.2) is 0 Å². The minimum atomic E-state index is -4.45. The quantitative estimate of drug-likeness (QED) is 0.0205. The first-order valence-electron chi connectivity index (χ1n) is 36.2. The van der Waals surface area contributed by atoms with Crippen LogP contribution in [0.3, 0.4) is 0 Å². The second-order valence-electron chi connectivity index (χ2n) is 26.1. The van der Waals surface area contributed by atoms with Crippen LogP contribution in [0.25, 0.3) is 0 Å². The average molecular weight is 1180 g/mol. The van der Waals surface area contributed by atoms with Crippen LogP contribution in [0.1, 0.15) is 374 Å². The van der Waals surface area contributed by atoms with Gasteiger partial charge in [0, 0.05) is 12.8 Å². The van der Waals surface area contributed by atoms with Gasteiger partial charge >= 0.3 is 13.8 Å². The molecule has 0 aromatic rings. The van der Waals surface area contributed by atoms with Gasteiger partial charge in [-0.2, -0.15) is 0 Å². The number of phosphoric acid groups is 1. The van der Waals surface area contributed by atoms with Crippen molar-refractivity contribution in [2.45, 2.75) is 386 Å². The van der Waals surface area contributed by atoms with Gasteiger partial charge in [-0.25, -0.2) is 4.57 Å². The zero-order valence-electron chi connectivity index (χ0n) is 55.8. The number of quaternary nitrogens is 1. The van der Waals surface area contributed by atoms with Crippen LogP contribution >= 0.6 is 7.82 Å². The number of likely N-dealkylation sites (N-methyl/N-ethyl adjacent to an activating group) is 1. The summed E-state index contributed by atoms with van der Waals surface area (Å²) in [5.41, 5.74) is 0. The molecule has 0 saturated carbocycles. The molecule has 0 aromatic heterocycles. The van der Waals surface area contributed by atoms with Crippen LogP contribution in [-0.2, 0) is 27.9 Å². The van der Waals surface area contributed by atoms with Crippen LogP contribution in [0.15, 0.2) is 24.3 Å². The minimum Gasteiger partial charge on any atom is -0.456 e. The predicted molar refractivity (Wildman–Crippen MR) is 356 cm³/mol. The third kappa shape index (κ3) is 63.0. The van der Waals surface area contributed by atoms with E-state index in [1.54, 1.807) is 0 Å². The molecule has 0 aliphatic heterocycles. The molecule has 2 N–H and O–H groups in total. The molecule has 0 fully saturated rings. The summed E-state index contributed by atoms with van der Waals surface area (Å²) in [6.45, 7) is 7.08. The van der Waals surface area contributed by atoms with E-state index in [-0.39, 0.29) is 25.1 Å². The second-order valence-corrected chi connectivity index (χ2v) is 27.6. The monoisotopic (exact) mass is 1180 g/mol. The van der Waals surface area contributed by atoms with Crippen molar-refractivity contribution in [3.8, 4) is 0 Å². The fourth-order valence-corrected chi connectivity index (χ4v) is 11.8. The third-order valence-corrected chi connectivity index (χ3v) is 17.6. The van der Waals surface area contributed by atoms with Crippen LogP contribution in [0.4, 0.5) is 0 Å². The molecule has 0 radical (unpaired) electrons. The lowest BCUT2D eigenvalue weighted by Crippen LogP contribution is -2.47. The zero-order chi connectivity index (χ0) is 60.0. The molecule has 0 aliphatic rings. The molecule has 0 aliphatic carbocycles. The van der Waals surface area contributed by atoms with Gasteiger partial charge in [-0.05, 0) is 57.4 Å². The summed E-state index contributed by atoms with van der Waals surface area (Å²) >= 11 is 0. The van der Waals surface area contributed by atoms with E-state index in [4.69, 9.17) is 13.8 Å². The van der Waals surface area contributed by atoms with Gasteiger partial charge in [0.1, 0.15) is 19.3 Å². The van der Waals surface area contributed by atoms with E-state index in [0.29, 0.717) is 23.9 Å². The van der Waals surface area contributed by atoms with Crippen LogP contribution in [0, 0.1) is 0 Å². The topological polar surface area (TPSA) is 111 Å². The number of hydrogen-bond acceptors (Lipinski definition) is 6. The summed E-state index contributed by atoms with van der Waals surface area (Å²) in [4.78, 5) is 37.9. The molecular formula is C72H142N2O7P+. The van der Waals surface area contributed by atoms with Crippen molar-refractivity contribution in [3.63, 3.8) is 0 Å². The summed E-state index contributed by atoms with van der Waals surface area (Å²) < 4.78 is 30.8. The molecule has 0 spiro atoms. The first-order valence-corrected chi connectivity index (χ1v) is 37.7. The number of rotatable bonds is 67. The Morgan fingerprint density at radius 3 is 1.04 bits per heavy atom. The number of hydrogen-bond donors (Lipinski definition) is 2. The summed E-state index contributed by atoms with van der Waals surface area (Å²) in [5, 5.41) is 3.08. The molecule has 0 bridgehead atoms. The van der Waals surface area contributed by atoms with E-state index in [1.807, 2.05) is 27.2 Å². The van der Waals surface area contributed by atoms with Crippen molar-refractivity contribution >= 4 is 19.7 Å². The molecule has 1 amide bonds. The highest BCUT2D eigenvalue weighted by molar-refractivity contribution is 7.47. The van der Waals surface area contributed by atoms with E-state index in [2.05, 4.69) is 44.3 Å². The van der Waals surface area contributed by atoms with Crippen molar-refractivity contribution in [2.75, 3.05) is 40.9 Å². The Balaban J connectivity index is 4.96. The van der Waals surface area contributed by atoms with Crippen LogP contribution in [0.5, 0.6) is 0 Å². The number of ether oxygens (including phenoxy) is 1. The molecule has 0 aromatic carbocycles. The number of nitrogens with one attached hydrogen (secondary N) is 1. The lowest BCUT2D eigenvalue weighted by Gasteiger charge is -2.27. The molecule has 486 valence electrons. The van der Waals surface area contributed by atoms with Crippen LogP contribution in [0.2, 0.25) is 0 Å². The lowest BCUT2D eigenvalue weighted by molar-refractivity contribution is -0.870. The summed E-state index contributed by atoms with van der Waals surface area (Å²) in [7, 11) is 1.52.